The fourth-order valence-electron chi connectivity index (χ4n) is 2.21. The molecule has 2 aromatic carbocycles. The molecular weight excluding hydrogens is 408 g/mol. The van der Waals surface area contributed by atoms with Crippen LogP contribution in [0.25, 0.3) is 11.4 Å². The Morgan fingerprint density at radius 1 is 1.08 bits per heavy atom. The molecule has 10 heteroatoms. The van der Waals surface area contributed by atoms with Crippen molar-refractivity contribution >= 4 is 35.0 Å². The number of nitrogens with zero attached hydrogens (tertiary/aromatic N) is 3. The normalized spacial score (nSPS) is 11.7. The average Bonchev–Trinajstić information content (AvgIpc) is 2.95. The van der Waals surface area contributed by atoms with Crippen molar-refractivity contribution in [1.82, 2.24) is 14.9 Å². The second kappa shape index (κ2) is 7.38. The van der Waals surface area contributed by atoms with Gasteiger partial charge in [-0.1, -0.05) is 53.2 Å². The van der Waals surface area contributed by atoms with Gasteiger partial charge < -0.3 is 5.84 Å². The standard InChI is InChI=1S/C16H11Cl2F3N4S/c17-11-4-5-13(18)12(7-11)14-23-24-15(25(14)22)26-8-9-2-1-3-10(6-9)16(19,20)21/h1-7H,8,22H2. The third kappa shape index (κ3) is 4.08. The topological polar surface area (TPSA) is 56.7 Å². The highest BCUT2D eigenvalue weighted by atomic mass is 35.5. The summed E-state index contributed by atoms with van der Waals surface area (Å²) in [5.41, 5.74) is 0.312. The molecule has 0 aliphatic carbocycles. The number of rotatable bonds is 4. The summed E-state index contributed by atoms with van der Waals surface area (Å²) in [7, 11) is 0. The van der Waals surface area contributed by atoms with Gasteiger partial charge in [0.1, 0.15) is 0 Å². The Labute approximate surface area is 161 Å². The smallest absolute Gasteiger partial charge is 0.335 e. The van der Waals surface area contributed by atoms with Crippen molar-refractivity contribution in [2.45, 2.75) is 17.1 Å². The van der Waals surface area contributed by atoms with E-state index in [0.717, 1.165) is 12.1 Å². The molecular formula is C16H11Cl2F3N4S. The summed E-state index contributed by atoms with van der Waals surface area (Å²) in [6.07, 6.45) is -4.38. The van der Waals surface area contributed by atoms with Crippen molar-refractivity contribution in [3.05, 3.63) is 63.6 Å². The van der Waals surface area contributed by atoms with Gasteiger partial charge in [0.25, 0.3) is 0 Å². The average molecular weight is 419 g/mol. The van der Waals surface area contributed by atoms with Gasteiger partial charge >= 0.3 is 6.18 Å². The summed E-state index contributed by atoms with van der Waals surface area (Å²) in [5, 5.41) is 9.19. The van der Waals surface area contributed by atoms with Crippen molar-refractivity contribution in [1.29, 1.82) is 0 Å². The highest BCUT2D eigenvalue weighted by molar-refractivity contribution is 7.98. The number of benzene rings is 2. The molecule has 0 radical (unpaired) electrons. The fraction of sp³-hybridized carbons (Fsp3) is 0.125. The largest absolute Gasteiger partial charge is 0.416 e. The number of aromatic nitrogens is 3. The highest BCUT2D eigenvalue weighted by Gasteiger charge is 2.30. The van der Waals surface area contributed by atoms with Crippen LogP contribution in [0.3, 0.4) is 0 Å². The van der Waals surface area contributed by atoms with Crippen LogP contribution in [0.15, 0.2) is 47.6 Å². The molecule has 1 heterocycles. The Morgan fingerprint density at radius 3 is 2.58 bits per heavy atom. The van der Waals surface area contributed by atoms with E-state index in [0.29, 0.717) is 32.2 Å². The first-order valence-electron chi connectivity index (χ1n) is 7.20. The first-order chi connectivity index (χ1) is 12.3. The Bertz CT molecular complexity index is 943. The Kier molecular flexibility index (Phi) is 5.36. The molecule has 0 aliphatic rings. The van der Waals surface area contributed by atoms with Gasteiger partial charge in [-0.3, -0.25) is 0 Å². The molecule has 0 bridgehead atoms. The van der Waals surface area contributed by atoms with Crippen LogP contribution in [0.1, 0.15) is 11.1 Å². The van der Waals surface area contributed by atoms with E-state index in [-0.39, 0.29) is 5.75 Å². The summed E-state index contributed by atoms with van der Waals surface area (Å²) >= 11 is 13.3. The molecule has 1 aromatic heterocycles. The van der Waals surface area contributed by atoms with E-state index in [2.05, 4.69) is 10.2 Å². The molecule has 0 amide bonds. The van der Waals surface area contributed by atoms with Crippen LogP contribution in [-0.2, 0) is 11.9 Å². The number of thioether (sulfide) groups is 1. The van der Waals surface area contributed by atoms with E-state index in [1.54, 1.807) is 24.3 Å². The minimum atomic E-state index is -4.38. The van der Waals surface area contributed by atoms with Gasteiger partial charge in [-0.2, -0.15) is 13.2 Å². The van der Waals surface area contributed by atoms with Crippen molar-refractivity contribution in [2.75, 3.05) is 5.84 Å². The van der Waals surface area contributed by atoms with Crippen LogP contribution < -0.4 is 5.84 Å². The van der Waals surface area contributed by atoms with Gasteiger partial charge in [0, 0.05) is 16.3 Å². The van der Waals surface area contributed by atoms with Crippen LogP contribution in [-0.4, -0.2) is 14.9 Å². The maximum atomic E-state index is 12.8. The van der Waals surface area contributed by atoms with E-state index in [1.807, 2.05) is 0 Å². The maximum Gasteiger partial charge on any atom is 0.416 e. The number of halogens is 5. The number of hydrogen-bond donors (Lipinski definition) is 1. The van der Waals surface area contributed by atoms with Gasteiger partial charge in [0.05, 0.1) is 10.6 Å². The Hall–Kier alpha value is -1.90. The SMILES string of the molecule is Nn1c(SCc2cccc(C(F)(F)F)c2)nnc1-c1cc(Cl)ccc1Cl. The van der Waals surface area contributed by atoms with Crippen molar-refractivity contribution in [3.8, 4) is 11.4 Å². The van der Waals surface area contributed by atoms with E-state index in [4.69, 9.17) is 29.0 Å². The van der Waals surface area contributed by atoms with Gasteiger partial charge in [-0.05, 0) is 29.8 Å². The van der Waals surface area contributed by atoms with Gasteiger partial charge in [0.2, 0.25) is 5.16 Å². The molecule has 0 aliphatic heterocycles. The second-order valence-electron chi connectivity index (χ2n) is 5.29. The Morgan fingerprint density at radius 2 is 1.85 bits per heavy atom. The molecule has 0 fully saturated rings. The third-order valence-corrected chi connectivity index (χ3v) is 5.03. The summed E-state index contributed by atoms with van der Waals surface area (Å²) in [5.74, 6) is 6.57. The van der Waals surface area contributed by atoms with E-state index in [1.165, 1.54) is 22.5 Å². The molecule has 0 spiro atoms. The van der Waals surface area contributed by atoms with Gasteiger partial charge in [0.15, 0.2) is 5.82 Å². The summed E-state index contributed by atoms with van der Waals surface area (Å²) in [6.45, 7) is 0. The quantitative estimate of drug-likeness (QED) is 0.462. The number of nitrogens with two attached hydrogens (primary N) is 1. The van der Waals surface area contributed by atoms with Crippen LogP contribution in [0.5, 0.6) is 0 Å². The predicted molar refractivity (Wildman–Crippen MR) is 96.6 cm³/mol. The molecule has 26 heavy (non-hydrogen) atoms. The zero-order valence-corrected chi connectivity index (χ0v) is 15.3. The zero-order valence-electron chi connectivity index (χ0n) is 13.0. The molecule has 0 saturated carbocycles. The second-order valence-corrected chi connectivity index (χ2v) is 7.07. The molecule has 0 saturated heterocycles. The molecule has 3 aromatic rings. The minimum absolute atomic E-state index is 0.253. The van der Waals surface area contributed by atoms with E-state index in [9.17, 15) is 13.2 Å². The summed E-state index contributed by atoms with van der Waals surface area (Å²) in [6, 6.07) is 9.95. The molecule has 0 atom stereocenters. The van der Waals surface area contributed by atoms with Crippen LogP contribution in [0.4, 0.5) is 13.2 Å². The zero-order chi connectivity index (χ0) is 18.9. The molecule has 4 nitrogen and oxygen atoms in total. The fourth-order valence-corrected chi connectivity index (χ4v) is 3.39. The summed E-state index contributed by atoms with van der Waals surface area (Å²) < 4.78 is 39.6. The highest BCUT2D eigenvalue weighted by Crippen LogP contribution is 2.33. The molecule has 3 rings (SSSR count). The maximum absolute atomic E-state index is 12.8. The summed E-state index contributed by atoms with van der Waals surface area (Å²) in [4.78, 5) is 0. The van der Waals surface area contributed by atoms with Crippen LogP contribution >= 0.6 is 35.0 Å². The first-order valence-corrected chi connectivity index (χ1v) is 8.94. The lowest BCUT2D eigenvalue weighted by molar-refractivity contribution is -0.137. The molecule has 136 valence electrons. The van der Waals surface area contributed by atoms with E-state index >= 15 is 0 Å². The van der Waals surface area contributed by atoms with Crippen molar-refractivity contribution in [3.63, 3.8) is 0 Å². The number of nitrogen functional groups attached to an aromatic ring is 1. The van der Waals surface area contributed by atoms with Gasteiger partial charge in [-0.15, -0.1) is 10.2 Å². The third-order valence-electron chi connectivity index (χ3n) is 3.46. The predicted octanol–water partition coefficient (Wildman–Crippen LogP) is 5.28. The molecule has 0 unspecified atom stereocenters. The van der Waals surface area contributed by atoms with Crippen LogP contribution in [0, 0.1) is 0 Å². The monoisotopic (exact) mass is 418 g/mol. The van der Waals surface area contributed by atoms with E-state index < -0.39 is 11.7 Å². The lowest BCUT2D eigenvalue weighted by Crippen LogP contribution is -2.11. The lowest BCUT2D eigenvalue weighted by atomic mass is 10.1. The lowest BCUT2D eigenvalue weighted by Gasteiger charge is -2.08. The Balaban J connectivity index is 1.80. The van der Waals surface area contributed by atoms with Gasteiger partial charge in [-0.25, -0.2) is 4.68 Å². The number of hydrogen-bond acceptors (Lipinski definition) is 4. The first kappa shape index (κ1) is 18.9. The minimum Gasteiger partial charge on any atom is -0.335 e. The molecule has 2 N–H and O–H groups in total. The van der Waals surface area contributed by atoms with Crippen molar-refractivity contribution in [2.24, 2.45) is 0 Å². The number of alkyl halides is 3. The van der Waals surface area contributed by atoms with Crippen molar-refractivity contribution < 1.29 is 13.2 Å². The van der Waals surface area contributed by atoms with Crippen LogP contribution in [0.2, 0.25) is 10.0 Å².